The van der Waals surface area contributed by atoms with Crippen molar-refractivity contribution < 1.29 is 9.53 Å². The molecule has 2 aliphatic rings. The Balaban J connectivity index is 1.76. The van der Waals surface area contributed by atoms with E-state index in [9.17, 15) is 4.79 Å². The topological polar surface area (TPSA) is 41.6 Å². The highest BCUT2D eigenvalue weighted by Crippen LogP contribution is 2.27. The number of nitrogens with one attached hydrogen (secondary N) is 1. The molecule has 0 saturated carbocycles. The Morgan fingerprint density at radius 1 is 1.40 bits per heavy atom. The van der Waals surface area contributed by atoms with Crippen molar-refractivity contribution in [3.05, 3.63) is 35.4 Å². The zero-order valence-electron chi connectivity index (χ0n) is 12.0. The van der Waals surface area contributed by atoms with Gasteiger partial charge in [0.2, 0.25) is 5.91 Å². The van der Waals surface area contributed by atoms with Crippen LogP contribution in [0.15, 0.2) is 24.3 Å². The quantitative estimate of drug-likeness (QED) is 0.914. The van der Waals surface area contributed by atoms with Gasteiger partial charge in [-0.15, -0.1) is 0 Å². The number of hydrogen-bond donors (Lipinski definition) is 1. The molecule has 0 spiro atoms. The van der Waals surface area contributed by atoms with Gasteiger partial charge in [-0.05, 0) is 30.9 Å². The van der Waals surface area contributed by atoms with Gasteiger partial charge in [0.15, 0.2) is 0 Å². The molecule has 0 aliphatic carbocycles. The lowest BCUT2D eigenvalue weighted by atomic mass is 10.0. The maximum Gasteiger partial charge on any atom is 0.238 e. The third kappa shape index (κ3) is 2.72. The molecule has 2 fully saturated rings. The first-order valence-corrected chi connectivity index (χ1v) is 7.42. The van der Waals surface area contributed by atoms with E-state index < -0.39 is 0 Å². The van der Waals surface area contributed by atoms with Gasteiger partial charge in [-0.25, -0.2) is 0 Å². The number of amides is 1. The van der Waals surface area contributed by atoms with Crippen molar-refractivity contribution >= 4 is 5.91 Å². The van der Waals surface area contributed by atoms with Crippen LogP contribution in [0, 0.1) is 12.8 Å². The van der Waals surface area contributed by atoms with E-state index >= 15 is 0 Å². The van der Waals surface area contributed by atoms with E-state index in [4.69, 9.17) is 4.74 Å². The molecule has 1 N–H and O–H groups in total. The maximum absolute atomic E-state index is 12.2. The molecule has 2 heterocycles. The second-order valence-electron chi connectivity index (χ2n) is 5.77. The highest BCUT2D eigenvalue weighted by Gasteiger charge is 2.34. The van der Waals surface area contributed by atoms with Crippen LogP contribution in [0.5, 0.6) is 0 Å². The van der Waals surface area contributed by atoms with Gasteiger partial charge in [-0.1, -0.05) is 24.3 Å². The van der Waals surface area contributed by atoms with Crippen LogP contribution in [0.2, 0.25) is 0 Å². The number of carbonyl (C=O) groups is 1. The molecular weight excluding hydrogens is 252 g/mol. The lowest BCUT2D eigenvalue weighted by Gasteiger charge is -2.31. The van der Waals surface area contributed by atoms with Crippen molar-refractivity contribution in [2.45, 2.75) is 25.9 Å². The van der Waals surface area contributed by atoms with E-state index in [2.05, 4.69) is 24.4 Å². The SMILES string of the molecule is Cc1ccccc1C1NCC(=O)N1CC1CCCOC1. The summed E-state index contributed by atoms with van der Waals surface area (Å²) in [4.78, 5) is 14.2. The number of nitrogens with zero attached hydrogens (tertiary/aromatic N) is 1. The van der Waals surface area contributed by atoms with Gasteiger partial charge >= 0.3 is 0 Å². The third-order valence-corrected chi connectivity index (χ3v) is 4.27. The van der Waals surface area contributed by atoms with Gasteiger partial charge in [0.05, 0.1) is 13.2 Å². The molecule has 0 aromatic heterocycles. The molecule has 1 aromatic carbocycles. The molecular formula is C16H22N2O2. The van der Waals surface area contributed by atoms with Gasteiger partial charge in [-0.3, -0.25) is 10.1 Å². The molecule has 108 valence electrons. The van der Waals surface area contributed by atoms with Crippen molar-refractivity contribution in [1.82, 2.24) is 10.2 Å². The Kier molecular flexibility index (Phi) is 4.03. The van der Waals surface area contributed by atoms with Crippen LogP contribution in [0.1, 0.15) is 30.1 Å². The first kappa shape index (κ1) is 13.6. The van der Waals surface area contributed by atoms with Crippen LogP contribution in [0.3, 0.4) is 0 Å². The summed E-state index contributed by atoms with van der Waals surface area (Å²) < 4.78 is 5.53. The molecule has 1 amide bonds. The van der Waals surface area contributed by atoms with Gasteiger partial charge in [-0.2, -0.15) is 0 Å². The average molecular weight is 274 g/mol. The summed E-state index contributed by atoms with van der Waals surface area (Å²) in [6, 6.07) is 8.28. The minimum absolute atomic E-state index is 0.0191. The highest BCUT2D eigenvalue weighted by molar-refractivity contribution is 5.81. The summed E-state index contributed by atoms with van der Waals surface area (Å²) in [7, 11) is 0. The van der Waals surface area contributed by atoms with Crippen molar-refractivity contribution in [3.8, 4) is 0 Å². The number of rotatable bonds is 3. The van der Waals surface area contributed by atoms with Gasteiger partial charge < -0.3 is 9.64 Å². The Labute approximate surface area is 120 Å². The van der Waals surface area contributed by atoms with E-state index in [1.54, 1.807) is 0 Å². The summed E-state index contributed by atoms with van der Waals surface area (Å²) in [5, 5.41) is 3.34. The molecule has 2 atom stereocenters. The second kappa shape index (κ2) is 5.94. The van der Waals surface area contributed by atoms with E-state index in [0.717, 1.165) is 32.6 Å². The fourth-order valence-electron chi connectivity index (χ4n) is 3.15. The predicted molar refractivity (Wildman–Crippen MR) is 77.2 cm³/mol. The fourth-order valence-corrected chi connectivity index (χ4v) is 3.15. The van der Waals surface area contributed by atoms with Crippen molar-refractivity contribution in [3.63, 3.8) is 0 Å². The number of carbonyl (C=O) groups excluding carboxylic acids is 1. The number of ether oxygens (including phenoxy) is 1. The number of aryl methyl sites for hydroxylation is 1. The fraction of sp³-hybridized carbons (Fsp3) is 0.562. The maximum atomic E-state index is 12.2. The monoisotopic (exact) mass is 274 g/mol. The summed E-state index contributed by atoms with van der Waals surface area (Å²) in [6.45, 7) is 4.98. The Morgan fingerprint density at radius 2 is 2.25 bits per heavy atom. The summed E-state index contributed by atoms with van der Waals surface area (Å²) in [5.41, 5.74) is 2.43. The van der Waals surface area contributed by atoms with Crippen LogP contribution in [-0.2, 0) is 9.53 Å². The Bertz CT molecular complexity index is 483. The van der Waals surface area contributed by atoms with E-state index in [-0.39, 0.29) is 12.1 Å². The molecule has 0 radical (unpaired) electrons. The van der Waals surface area contributed by atoms with E-state index in [1.807, 2.05) is 17.0 Å². The van der Waals surface area contributed by atoms with E-state index in [0.29, 0.717) is 12.5 Å². The largest absolute Gasteiger partial charge is 0.381 e. The van der Waals surface area contributed by atoms with Gasteiger partial charge in [0, 0.05) is 19.1 Å². The van der Waals surface area contributed by atoms with Crippen LogP contribution < -0.4 is 5.32 Å². The smallest absolute Gasteiger partial charge is 0.238 e. The zero-order chi connectivity index (χ0) is 13.9. The first-order valence-electron chi connectivity index (χ1n) is 7.42. The average Bonchev–Trinajstić information content (AvgIpc) is 2.82. The molecule has 2 unspecified atom stereocenters. The molecule has 4 heteroatoms. The third-order valence-electron chi connectivity index (χ3n) is 4.27. The standard InChI is InChI=1S/C16H22N2O2/c1-12-5-2-3-7-14(12)16-17-9-15(19)18(16)10-13-6-4-8-20-11-13/h2-3,5,7,13,16-17H,4,6,8-11H2,1H3. The summed E-state index contributed by atoms with van der Waals surface area (Å²) in [6.07, 6.45) is 2.28. The first-order chi connectivity index (χ1) is 9.75. The highest BCUT2D eigenvalue weighted by atomic mass is 16.5. The molecule has 2 aliphatic heterocycles. The van der Waals surface area contributed by atoms with E-state index in [1.165, 1.54) is 11.1 Å². The molecule has 3 rings (SSSR count). The zero-order valence-corrected chi connectivity index (χ0v) is 12.0. The summed E-state index contributed by atoms with van der Waals surface area (Å²) >= 11 is 0. The predicted octanol–water partition coefficient (Wildman–Crippen LogP) is 1.85. The minimum atomic E-state index is 0.0191. The second-order valence-corrected chi connectivity index (χ2v) is 5.77. The molecule has 1 aromatic rings. The lowest BCUT2D eigenvalue weighted by Crippen LogP contribution is -2.37. The van der Waals surface area contributed by atoms with Crippen LogP contribution in [0.4, 0.5) is 0 Å². The lowest BCUT2D eigenvalue weighted by molar-refractivity contribution is -0.129. The number of benzene rings is 1. The Hall–Kier alpha value is -1.39. The number of hydrogen-bond acceptors (Lipinski definition) is 3. The van der Waals surface area contributed by atoms with Crippen molar-refractivity contribution in [2.24, 2.45) is 5.92 Å². The minimum Gasteiger partial charge on any atom is -0.381 e. The van der Waals surface area contributed by atoms with Gasteiger partial charge in [0.25, 0.3) is 0 Å². The molecule has 20 heavy (non-hydrogen) atoms. The molecule has 2 saturated heterocycles. The van der Waals surface area contributed by atoms with Crippen molar-refractivity contribution in [1.29, 1.82) is 0 Å². The molecule has 0 bridgehead atoms. The van der Waals surface area contributed by atoms with Crippen LogP contribution in [0.25, 0.3) is 0 Å². The normalized spacial score (nSPS) is 27.1. The van der Waals surface area contributed by atoms with Gasteiger partial charge in [0.1, 0.15) is 6.17 Å². The Morgan fingerprint density at radius 3 is 3.00 bits per heavy atom. The molecule has 4 nitrogen and oxygen atoms in total. The van der Waals surface area contributed by atoms with Crippen LogP contribution in [-0.4, -0.2) is 37.1 Å². The van der Waals surface area contributed by atoms with Crippen molar-refractivity contribution in [2.75, 3.05) is 26.3 Å². The summed E-state index contributed by atoms with van der Waals surface area (Å²) in [5.74, 6) is 0.669. The van der Waals surface area contributed by atoms with Crippen LogP contribution >= 0.6 is 0 Å².